The van der Waals surface area contributed by atoms with Crippen LogP contribution in [0.25, 0.3) is 10.8 Å². The lowest BCUT2D eigenvalue weighted by molar-refractivity contribution is 0.0536. The summed E-state index contributed by atoms with van der Waals surface area (Å²) in [6, 6.07) is 23.3. The summed E-state index contributed by atoms with van der Waals surface area (Å²) in [5.74, 6) is 0.0322. The van der Waals surface area contributed by atoms with Crippen LogP contribution in [0.1, 0.15) is 26.3 Å². The number of benzene rings is 3. The van der Waals surface area contributed by atoms with Crippen LogP contribution in [0.15, 0.2) is 85.2 Å². The maximum absolute atomic E-state index is 13.1. The zero-order valence-corrected chi connectivity index (χ0v) is 17.7. The third-order valence-electron chi connectivity index (χ3n) is 5.98. The Balaban J connectivity index is 1.22. The van der Waals surface area contributed by atoms with E-state index < -0.39 is 0 Å². The van der Waals surface area contributed by atoms with Gasteiger partial charge in [0.1, 0.15) is 0 Å². The Morgan fingerprint density at radius 3 is 2.16 bits per heavy atom. The first-order valence-corrected chi connectivity index (χ1v) is 10.8. The van der Waals surface area contributed by atoms with Crippen LogP contribution in [0.4, 0.5) is 0 Å². The van der Waals surface area contributed by atoms with Gasteiger partial charge in [-0.15, -0.1) is 0 Å². The van der Waals surface area contributed by atoms with Crippen LogP contribution in [0.3, 0.4) is 0 Å². The van der Waals surface area contributed by atoms with Gasteiger partial charge >= 0.3 is 0 Å². The summed E-state index contributed by atoms with van der Waals surface area (Å²) < 4.78 is 1.85. The van der Waals surface area contributed by atoms with Crippen molar-refractivity contribution in [3.63, 3.8) is 0 Å². The van der Waals surface area contributed by atoms with Crippen molar-refractivity contribution in [2.75, 3.05) is 26.2 Å². The molecule has 32 heavy (non-hydrogen) atoms. The molecule has 0 N–H and O–H groups in total. The molecule has 1 aromatic heterocycles. The molecule has 6 heteroatoms. The van der Waals surface area contributed by atoms with Gasteiger partial charge in [0, 0.05) is 49.7 Å². The number of hydrogen-bond acceptors (Lipinski definition) is 3. The summed E-state index contributed by atoms with van der Waals surface area (Å²) in [5, 5.41) is 6.24. The third kappa shape index (κ3) is 3.99. The molecule has 0 radical (unpaired) electrons. The number of hydrogen-bond donors (Lipinski definition) is 0. The van der Waals surface area contributed by atoms with Crippen LogP contribution < -0.4 is 0 Å². The van der Waals surface area contributed by atoms with Crippen molar-refractivity contribution in [3.05, 3.63) is 102 Å². The van der Waals surface area contributed by atoms with Crippen molar-refractivity contribution in [1.82, 2.24) is 19.6 Å². The van der Waals surface area contributed by atoms with E-state index in [1.807, 2.05) is 93.5 Å². The van der Waals surface area contributed by atoms with Gasteiger partial charge in [0.25, 0.3) is 11.8 Å². The maximum Gasteiger partial charge on any atom is 0.254 e. The second-order valence-corrected chi connectivity index (χ2v) is 8.01. The van der Waals surface area contributed by atoms with Gasteiger partial charge in [0.15, 0.2) is 0 Å². The SMILES string of the molecule is O=C(c1ccc(Cn2cccn2)cc1)N1CCN(C(=O)c2cccc3ccccc23)CC1. The van der Waals surface area contributed by atoms with Crippen molar-refractivity contribution in [1.29, 1.82) is 0 Å². The molecule has 1 saturated heterocycles. The van der Waals surface area contributed by atoms with E-state index >= 15 is 0 Å². The molecule has 4 aromatic rings. The largest absolute Gasteiger partial charge is 0.335 e. The fourth-order valence-electron chi connectivity index (χ4n) is 4.21. The van der Waals surface area contributed by atoms with E-state index in [0.717, 1.165) is 21.9 Å². The molecule has 5 rings (SSSR count). The average Bonchev–Trinajstić information content (AvgIpc) is 3.36. The number of rotatable bonds is 4. The number of nitrogens with zero attached hydrogens (tertiary/aromatic N) is 4. The molecule has 0 saturated carbocycles. The molecular weight excluding hydrogens is 400 g/mol. The van der Waals surface area contributed by atoms with Crippen LogP contribution in [0.5, 0.6) is 0 Å². The van der Waals surface area contributed by atoms with Crippen molar-refractivity contribution in [2.45, 2.75) is 6.54 Å². The van der Waals surface area contributed by atoms with E-state index in [2.05, 4.69) is 5.10 Å². The number of piperazine rings is 1. The highest BCUT2D eigenvalue weighted by Gasteiger charge is 2.26. The summed E-state index contributed by atoms with van der Waals surface area (Å²) in [5.41, 5.74) is 2.48. The maximum atomic E-state index is 13.1. The number of fused-ring (bicyclic) bond motifs is 1. The highest BCUT2D eigenvalue weighted by atomic mass is 16.2. The van der Waals surface area contributed by atoms with E-state index in [-0.39, 0.29) is 11.8 Å². The zero-order valence-electron chi connectivity index (χ0n) is 17.7. The second-order valence-electron chi connectivity index (χ2n) is 8.01. The van der Waals surface area contributed by atoms with E-state index in [1.54, 1.807) is 6.20 Å². The summed E-state index contributed by atoms with van der Waals surface area (Å²) in [7, 11) is 0. The Kier molecular flexibility index (Phi) is 5.42. The molecule has 1 aliphatic heterocycles. The first-order valence-electron chi connectivity index (χ1n) is 10.8. The van der Waals surface area contributed by atoms with Crippen LogP contribution in [0, 0.1) is 0 Å². The molecule has 160 valence electrons. The van der Waals surface area contributed by atoms with Gasteiger partial charge in [-0.1, -0.05) is 48.5 Å². The molecule has 0 atom stereocenters. The zero-order chi connectivity index (χ0) is 21.9. The quantitative estimate of drug-likeness (QED) is 0.502. The van der Waals surface area contributed by atoms with Crippen LogP contribution in [-0.2, 0) is 6.54 Å². The van der Waals surface area contributed by atoms with Crippen molar-refractivity contribution in [2.24, 2.45) is 0 Å². The lowest BCUT2D eigenvalue weighted by Gasteiger charge is -2.35. The molecule has 1 fully saturated rings. The molecule has 6 nitrogen and oxygen atoms in total. The topological polar surface area (TPSA) is 58.4 Å². The minimum atomic E-state index is 0.00731. The van der Waals surface area contributed by atoms with Gasteiger partial charge in [-0.3, -0.25) is 14.3 Å². The third-order valence-corrected chi connectivity index (χ3v) is 5.98. The smallest absolute Gasteiger partial charge is 0.254 e. The highest BCUT2D eigenvalue weighted by molar-refractivity contribution is 6.07. The van der Waals surface area contributed by atoms with Gasteiger partial charge in [-0.2, -0.15) is 5.10 Å². The van der Waals surface area contributed by atoms with Gasteiger partial charge in [-0.05, 0) is 40.6 Å². The summed E-state index contributed by atoms with van der Waals surface area (Å²) in [4.78, 5) is 29.8. The van der Waals surface area contributed by atoms with Gasteiger partial charge in [0.2, 0.25) is 0 Å². The fourth-order valence-corrected chi connectivity index (χ4v) is 4.21. The molecular formula is C26H24N4O2. The lowest BCUT2D eigenvalue weighted by atomic mass is 10.0. The molecule has 3 aromatic carbocycles. The highest BCUT2D eigenvalue weighted by Crippen LogP contribution is 2.21. The molecule has 1 aliphatic rings. The van der Waals surface area contributed by atoms with Crippen LogP contribution in [0.2, 0.25) is 0 Å². The van der Waals surface area contributed by atoms with E-state index in [9.17, 15) is 9.59 Å². The summed E-state index contributed by atoms with van der Waals surface area (Å²) in [6.45, 7) is 2.81. The van der Waals surface area contributed by atoms with Crippen LogP contribution in [-0.4, -0.2) is 57.6 Å². The van der Waals surface area contributed by atoms with Gasteiger partial charge in [0.05, 0.1) is 6.54 Å². The summed E-state index contributed by atoms with van der Waals surface area (Å²) in [6.07, 6.45) is 3.67. The number of amides is 2. The predicted octanol–water partition coefficient (Wildman–Crippen LogP) is 3.68. The van der Waals surface area contributed by atoms with Gasteiger partial charge < -0.3 is 9.80 Å². The molecule has 0 unspecified atom stereocenters. The Morgan fingerprint density at radius 2 is 1.44 bits per heavy atom. The van der Waals surface area contributed by atoms with Crippen molar-refractivity contribution >= 4 is 22.6 Å². The second kappa shape index (κ2) is 8.67. The molecule has 0 bridgehead atoms. The Hall–Kier alpha value is -3.93. The standard InChI is InChI=1S/C26H24N4O2/c31-25(22-11-9-20(10-12-22)19-30-14-4-13-27-30)28-15-17-29(18-16-28)26(32)24-8-3-6-21-5-1-2-7-23(21)24/h1-14H,15-19H2. The first-order chi connectivity index (χ1) is 15.7. The Morgan fingerprint density at radius 1 is 0.750 bits per heavy atom. The molecule has 0 aliphatic carbocycles. The van der Waals surface area contributed by atoms with Crippen molar-refractivity contribution < 1.29 is 9.59 Å². The Labute approximate surface area is 186 Å². The first kappa shape index (κ1) is 20.0. The molecule has 2 amide bonds. The molecule has 2 heterocycles. The fraction of sp³-hybridized carbons (Fsp3) is 0.192. The minimum absolute atomic E-state index is 0.00731. The van der Waals surface area contributed by atoms with Crippen LogP contribution >= 0.6 is 0 Å². The van der Waals surface area contributed by atoms with Gasteiger partial charge in [-0.25, -0.2) is 0 Å². The predicted molar refractivity (Wildman–Crippen MR) is 124 cm³/mol. The average molecular weight is 425 g/mol. The number of carbonyl (C=O) groups excluding carboxylic acids is 2. The number of aromatic nitrogens is 2. The monoisotopic (exact) mass is 424 g/mol. The van der Waals surface area contributed by atoms with E-state index in [1.165, 1.54) is 0 Å². The minimum Gasteiger partial charge on any atom is -0.335 e. The Bertz CT molecular complexity index is 1240. The summed E-state index contributed by atoms with van der Waals surface area (Å²) >= 11 is 0. The van der Waals surface area contributed by atoms with E-state index in [4.69, 9.17) is 0 Å². The lowest BCUT2D eigenvalue weighted by Crippen LogP contribution is -2.50. The van der Waals surface area contributed by atoms with E-state index in [0.29, 0.717) is 38.3 Å². The normalized spacial score (nSPS) is 14.0. The molecule has 0 spiro atoms. The number of carbonyl (C=O) groups is 2. The van der Waals surface area contributed by atoms with Crippen molar-refractivity contribution in [3.8, 4) is 0 Å².